The van der Waals surface area contributed by atoms with Crippen LogP contribution in [0.25, 0.3) is 11.1 Å². The number of nitrogens with one attached hydrogen (secondary N) is 1. The molecule has 5 nitrogen and oxygen atoms in total. The van der Waals surface area contributed by atoms with Crippen molar-refractivity contribution in [3.8, 4) is 22.6 Å². The van der Waals surface area contributed by atoms with Crippen molar-refractivity contribution < 1.29 is 14.3 Å². The van der Waals surface area contributed by atoms with Gasteiger partial charge < -0.3 is 14.8 Å². The second-order valence-electron chi connectivity index (χ2n) is 6.94. The molecule has 0 saturated carbocycles. The number of fused-ring (bicyclic) bond motifs is 4. The average Bonchev–Trinajstić information content (AvgIpc) is 3.28. The molecular weight excluding hydrogens is 352 g/mol. The monoisotopic (exact) mass is 370 g/mol. The minimum atomic E-state index is -0.0596. The molecule has 1 heterocycles. The number of rotatable bonds is 3. The Balaban J connectivity index is 1.39. The van der Waals surface area contributed by atoms with Gasteiger partial charge in [0.2, 0.25) is 12.7 Å². The molecular formula is C23H18N2O3. The lowest BCUT2D eigenvalue weighted by molar-refractivity contribution is -0.114. The van der Waals surface area contributed by atoms with E-state index in [9.17, 15) is 4.79 Å². The highest BCUT2D eigenvalue weighted by Crippen LogP contribution is 2.39. The number of hydrogen-bond donors (Lipinski definition) is 1. The molecule has 0 bridgehead atoms. The summed E-state index contributed by atoms with van der Waals surface area (Å²) >= 11 is 0. The van der Waals surface area contributed by atoms with Gasteiger partial charge in [0.05, 0.1) is 5.69 Å². The maximum absolute atomic E-state index is 11.3. The fraction of sp³-hybridized carbons (Fsp3) is 0.130. The number of amides is 1. The van der Waals surface area contributed by atoms with Gasteiger partial charge in [0.15, 0.2) is 11.5 Å². The molecule has 0 spiro atoms. The van der Waals surface area contributed by atoms with Gasteiger partial charge in [0.1, 0.15) is 0 Å². The van der Waals surface area contributed by atoms with Crippen LogP contribution in [0.3, 0.4) is 0 Å². The maximum atomic E-state index is 11.3. The molecule has 5 heteroatoms. The van der Waals surface area contributed by atoms with Crippen LogP contribution in [0, 0.1) is 0 Å². The third-order valence-electron chi connectivity index (χ3n) is 4.94. The SMILES string of the molecule is CC(=O)Nc1ccc2c(c1)Cc1cc(N=Cc3ccc4c(c3)OCO4)ccc1-2. The van der Waals surface area contributed by atoms with Gasteiger partial charge in [-0.1, -0.05) is 12.1 Å². The fourth-order valence-corrected chi connectivity index (χ4v) is 3.70. The van der Waals surface area contributed by atoms with Gasteiger partial charge in [-0.3, -0.25) is 9.79 Å². The largest absolute Gasteiger partial charge is 0.454 e. The van der Waals surface area contributed by atoms with Gasteiger partial charge in [-0.15, -0.1) is 0 Å². The summed E-state index contributed by atoms with van der Waals surface area (Å²) in [5.74, 6) is 1.46. The number of anilines is 1. The molecule has 1 aliphatic heterocycles. The van der Waals surface area contributed by atoms with Crippen LogP contribution < -0.4 is 14.8 Å². The van der Waals surface area contributed by atoms with Crippen molar-refractivity contribution in [2.75, 3.05) is 12.1 Å². The first-order valence-electron chi connectivity index (χ1n) is 9.13. The lowest BCUT2D eigenvalue weighted by Crippen LogP contribution is -2.05. The maximum Gasteiger partial charge on any atom is 0.231 e. The highest BCUT2D eigenvalue weighted by molar-refractivity contribution is 5.90. The molecule has 0 radical (unpaired) electrons. The highest BCUT2D eigenvalue weighted by atomic mass is 16.7. The van der Waals surface area contributed by atoms with E-state index in [1.54, 1.807) is 0 Å². The summed E-state index contributed by atoms with van der Waals surface area (Å²) in [6.07, 6.45) is 2.67. The third kappa shape index (κ3) is 3.01. The normalized spacial score (nSPS) is 13.5. The molecule has 1 aliphatic carbocycles. The Morgan fingerprint density at radius 2 is 1.75 bits per heavy atom. The van der Waals surface area contributed by atoms with E-state index in [0.29, 0.717) is 0 Å². The van der Waals surface area contributed by atoms with E-state index in [0.717, 1.165) is 34.9 Å². The molecule has 1 N–H and O–H groups in total. The standard InChI is InChI=1S/C23H18N2O3/c1-14(26)25-19-4-6-21-17(11-19)9-16-10-18(3-5-20(16)21)24-12-15-2-7-22-23(8-15)28-13-27-22/h2-8,10-12H,9,13H2,1H3,(H,25,26). The number of aliphatic imine (C=N–C) groups is 1. The van der Waals surface area contributed by atoms with Crippen molar-refractivity contribution in [3.05, 3.63) is 71.3 Å². The van der Waals surface area contributed by atoms with Gasteiger partial charge >= 0.3 is 0 Å². The summed E-state index contributed by atoms with van der Waals surface area (Å²) in [5.41, 5.74) is 7.62. The lowest BCUT2D eigenvalue weighted by Gasteiger charge is -2.05. The van der Waals surface area contributed by atoms with E-state index in [-0.39, 0.29) is 12.7 Å². The Morgan fingerprint density at radius 1 is 0.964 bits per heavy atom. The van der Waals surface area contributed by atoms with Crippen LogP contribution >= 0.6 is 0 Å². The second kappa shape index (κ2) is 6.53. The van der Waals surface area contributed by atoms with Gasteiger partial charge in [-0.2, -0.15) is 0 Å². The molecule has 0 saturated heterocycles. The van der Waals surface area contributed by atoms with Crippen LogP contribution in [0.5, 0.6) is 11.5 Å². The average molecular weight is 370 g/mol. The molecule has 138 valence electrons. The summed E-state index contributed by atoms with van der Waals surface area (Å²) in [6.45, 7) is 1.79. The zero-order chi connectivity index (χ0) is 19.1. The van der Waals surface area contributed by atoms with Crippen LogP contribution in [-0.4, -0.2) is 18.9 Å². The number of benzene rings is 3. The predicted molar refractivity (Wildman–Crippen MR) is 109 cm³/mol. The number of nitrogens with zero attached hydrogens (tertiary/aromatic N) is 1. The Bertz CT molecular complexity index is 1130. The summed E-state index contributed by atoms with van der Waals surface area (Å²) < 4.78 is 10.7. The van der Waals surface area contributed by atoms with Crippen molar-refractivity contribution in [3.63, 3.8) is 0 Å². The highest BCUT2D eigenvalue weighted by Gasteiger charge is 2.19. The minimum absolute atomic E-state index is 0.0596. The molecule has 2 aliphatic rings. The molecule has 0 atom stereocenters. The quantitative estimate of drug-likeness (QED) is 0.532. The van der Waals surface area contributed by atoms with Crippen LogP contribution in [0.1, 0.15) is 23.6 Å². The Kier molecular flexibility index (Phi) is 3.86. The first kappa shape index (κ1) is 16.6. The van der Waals surface area contributed by atoms with Crippen molar-refractivity contribution in [2.24, 2.45) is 4.99 Å². The van der Waals surface area contributed by atoms with E-state index < -0.39 is 0 Å². The van der Waals surface area contributed by atoms with Gasteiger partial charge in [-0.25, -0.2) is 0 Å². The van der Waals surface area contributed by atoms with Crippen molar-refractivity contribution >= 4 is 23.5 Å². The van der Waals surface area contributed by atoms with E-state index in [1.807, 2.05) is 42.6 Å². The van der Waals surface area contributed by atoms with Gasteiger partial charge in [0, 0.05) is 18.8 Å². The van der Waals surface area contributed by atoms with Crippen molar-refractivity contribution in [1.82, 2.24) is 0 Å². The van der Waals surface area contributed by atoms with Crippen LogP contribution in [0.15, 0.2) is 59.6 Å². The summed E-state index contributed by atoms with van der Waals surface area (Å²) in [5, 5.41) is 2.85. The molecule has 1 amide bonds. The molecule has 0 unspecified atom stereocenters. The third-order valence-corrected chi connectivity index (χ3v) is 4.94. The topological polar surface area (TPSA) is 59.9 Å². The Hall–Kier alpha value is -3.60. The number of carbonyl (C=O) groups excluding carboxylic acids is 1. The number of hydrogen-bond acceptors (Lipinski definition) is 4. The first-order valence-corrected chi connectivity index (χ1v) is 9.13. The molecule has 5 rings (SSSR count). The smallest absolute Gasteiger partial charge is 0.231 e. The van der Waals surface area contributed by atoms with E-state index in [1.165, 1.54) is 29.2 Å². The molecule has 0 aromatic heterocycles. The first-order chi connectivity index (χ1) is 13.7. The Labute approximate surface area is 162 Å². The molecule has 3 aromatic rings. The summed E-state index contributed by atoms with van der Waals surface area (Å²) in [6, 6.07) is 18.1. The van der Waals surface area contributed by atoms with E-state index in [4.69, 9.17) is 9.47 Å². The van der Waals surface area contributed by atoms with Crippen molar-refractivity contribution in [1.29, 1.82) is 0 Å². The summed E-state index contributed by atoms with van der Waals surface area (Å²) in [7, 11) is 0. The van der Waals surface area contributed by atoms with Gasteiger partial charge in [0.25, 0.3) is 0 Å². The zero-order valence-corrected chi connectivity index (χ0v) is 15.4. The van der Waals surface area contributed by atoms with E-state index in [2.05, 4.69) is 28.5 Å². The molecule has 3 aromatic carbocycles. The molecule has 0 fully saturated rings. The fourth-order valence-electron chi connectivity index (χ4n) is 3.70. The zero-order valence-electron chi connectivity index (χ0n) is 15.4. The van der Waals surface area contributed by atoms with Crippen LogP contribution in [0.2, 0.25) is 0 Å². The predicted octanol–water partition coefficient (Wildman–Crippen LogP) is 4.70. The number of carbonyl (C=O) groups is 1. The minimum Gasteiger partial charge on any atom is -0.454 e. The van der Waals surface area contributed by atoms with Gasteiger partial charge in [-0.05, 0) is 76.7 Å². The lowest BCUT2D eigenvalue weighted by atomic mass is 10.1. The van der Waals surface area contributed by atoms with E-state index >= 15 is 0 Å². The van der Waals surface area contributed by atoms with Crippen molar-refractivity contribution in [2.45, 2.75) is 13.3 Å². The van der Waals surface area contributed by atoms with Crippen LogP contribution in [-0.2, 0) is 11.2 Å². The summed E-state index contributed by atoms with van der Waals surface area (Å²) in [4.78, 5) is 15.9. The Morgan fingerprint density at radius 3 is 2.61 bits per heavy atom. The molecule has 28 heavy (non-hydrogen) atoms. The second-order valence-corrected chi connectivity index (χ2v) is 6.94. The van der Waals surface area contributed by atoms with Crippen LogP contribution in [0.4, 0.5) is 11.4 Å². The number of ether oxygens (including phenoxy) is 2.